The number of carbonyl (C=O) groups excluding carboxylic acids is 2. The molecule has 0 amide bonds. The van der Waals surface area contributed by atoms with Crippen LogP contribution >= 0.6 is 22.7 Å². The first-order valence-electron chi connectivity index (χ1n) is 4.68. The topological polar surface area (TPSA) is 57.2 Å². The summed E-state index contributed by atoms with van der Waals surface area (Å²) >= 11 is 2.55. The Morgan fingerprint density at radius 2 is 1.56 bits per heavy atom. The van der Waals surface area contributed by atoms with Crippen molar-refractivity contribution in [3.63, 3.8) is 0 Å². The second-order valence-electron chi connectivity index (χ2n) is 3.62. The normalized spacial score (nSPS) is 10.9. The molecule has 84 valence electrons. The van der Waals surface area contributed by atoms with Gasteiger partial charge in [-0.2, -0.15) is 0 Å². The Labute approximate surface area is 100 Å². The molecule has 2 heterocycles. The standard InChI is InChI=1S/C11H10O3S2/c1-4-7-5(2)9(10(13)14)16-11(7)15-8(4)6(3)12/h1-3H3,(H,13,14)/p-1. The quantitative estimate of drug-likeness (QED) is 0.770. The molecule has 0 spiro atoms. The molecule has 0 aliphatic carbocycles. The van der Waals surface area contributed by atoms with Gasteiger partial charge in [0.15, 0.2) is 5.78 Å². The maximum absolute atomic E-state index is 11.4. The fraction of sp³-hybridized carbons (Fsp3) is 0.273. The molecule has 0 aromatic carbocycles. The van der Waals surface area contributed by atoms with Gasteiger partial charge in [-0.15, -0.1) is 22.7 Å². The van der Waals surface area contributed by atoms with Crippen LogP contribution in [0.25, 0.3) is 9.40 Å². The molecule has 0 radical (unpaired) electrons. The van der Waals surface area contributed by atoms with Crippen LogP contribution in [0.3, 0.4) is 0 Å². The van der Waals surface area contributed by atoms with Crippen molar-refractivity contribution in [1.29, 1.82) is 0 Å². The van der Waals surface area contributed by atoms with Crippen LogP contribution in [0.15, 0.2) is 0 Å². The minimum Gasteiger partial charge on any atom is -0.544 e. The van der Waals surface area contributed by atoms with Gasteiger partial charge in [0.05, 0.1) is 19.7 Å². The summed E-state index contributed by atoms with van der Waals surface area (Å²) in [4.78, 5) is 23.2. The van der Waals surface area contributed by atoms with Crippen molar-refractivity contribution >= 4 is 43.8 Å². The Kier molecular flexibility index (Phi) is 2.59. The molecule has 0 unspecified atom stereocenters. The average Bonchev–Trinajstić information content (AvgIpc) is 2.66. The van der Waals surface area contributed by atoms with Gasteiger partial charge in [0.1, 0.15) is 0 Å². The smallest absolute Gasteiger partial charge is 0.170 e. The summed E-state index contributed by atoms with van der Waals surface area (Å²) in [5.41, 5.74) is 1.59. The molecule has 0 bridgehead atoms. The molecule has 0 aliphatic rings. The zero-order chi connectivity index (χ0) is 12.0. The van der Waals surface area contributed by atoms with Gasteiger partial charge in [0, 0.05) is 5.39 Å². The van der Waals surface area contributed by atoms with Crippen molar-refractivity contribution in [3.8, 4) is 0 Å². The van der Waals surface area contributed by atoms with E-state index in [4.69, 9.17) is 0 Å². The van der Waals surface area contributed by atoms with Crippen molar-refractivity contribution in [2.45, 2.75) is 20.8 Å². The molecular formula is C11H9O3S2-. The number of thiophene rings is 2. The Morgan fingerprint density at radius 1 is 1.06 bits per heavy atom. The Hall–Kier alpha value is -1.20. The molecule has 5 heteroatoms. The molecule has 3 nitrogen and oxygen atoms in total. The predicted molar refractivity (Wildman–Crippen MR) is 63.5 cm³/mol. The van der Waals surface area contributed by atoms with E-state index in [2.05, 4.69) is 0 Å². The molecule has 0 atom stereocenters. The predicted octanol–water partition coefficient (Wildman–Crippen LogP) is 2.15. The number of ketones is 1. The summed E-state index contributed by atoms with van der Waals surface area (Å²) in [6.07, 6.45) is 0. The van der Waals surface area contributed by atoms with E-state index in [9.17, 15) is 14.7 Å². The van der Waals surface area contributed by atoms with E-state index in [1.165, 1.54) is 29.6 Å². The zero-order valence-corrected chi connectivity index (χ0v) is 10.7. The van der Waals surface area contributed by atoms with Crippen molar-refractivity contribution in [1.82, 2.24) is 0 Å². The molecule has 16 heavy (non-hydrogen) atoms. The van der Waals surface area contributed by atoms with Gasteiger partial charge in [-0.1, -0.05) is 0 Å². The number of hydrogen-bond donors (Lipinski definition) is 0. The number of carbonyl (C=O) groups is 2. The number of rotatable bonds is 2. The van der Waals surface area contributed by atoms with Crippen LogP contribution in [-0.2, 0) is 0 Å². The molecule has 2 aromatic rings. The van der Waals surface area contributed by atoms with E-state index in [-0.39, 0.29) is 10.7 Å². The highest BCUT2D eigenvalue weighted by Crippen LogP contribution is 2.40. The highest BCUT2D eigenvalue weighted by Gasteiger charge is 2.18. The molecule has 0 aliphatic heterocycles. The third-order valence-corrected chi connectivity index (χ3v) is 5.28. The Balaban J connectivity index is 2.79. The van der Waals surface area contributed by atoms with Gasteiger partial charge in [-0.3, -0.25) is 4.79 Å². The lowest BCUT2D eigenvalue weighted by Crippen LogP contribution is -2.21. The fourth-order valence-electron chi connectivity index (χ4n) is 1.81. The van der Waals surface area contributed by atoms with Crippen LogP contribution in [0.1, 0.15) is 37.4 Å². The lowest BCUT2D eigenvalue weighted by molar-refractivity contribution is -0.254. The van der Waals surface area contributed by atoms with Gasteiger partial charge in [-0.25, -0.2) is 0 Å². The maximum Gasteiger partial charge on any atom is 0.170 e. The van der Waals surface area contributed by atoms with E-state index < -0.39 is 5.97 Å². The minimum atomic E-state index is -1.14. The van der Waals surface area contributed by atoms with Crippen LogP contribution in [0.5, 0.6) is 0 Å². The molecular weight excluding hydrogens is 244 g/mol. The molecule has 0 saturated heterocycles. The minimum absolute atomic E-state index is 0.0281. The number of carboxylic acid groups (broad SMARTS) is 1. The van der Waals surface area contributed by atoms with Crippen LogP contribution in [0.4, 0.5) is 0 Å². The number of aromatic carboxylic acids is 1. The zero-order valence-electron chi connectivity index (χ0n) is 9.04. The van der Waals surface area contributed by atoms with Crippen molar-refractivity contribution in [2.75, 3.05) is 0 Å². The first-order valence-corrected chi connectivity index (χ1v) is 6.31. The lowest BCUT2D eigenvalue weighted by Gasteiger charge is -2.00. The molecule has 0 saturated carbocycles. The first kappa shape index (κ1) is 11.3. The fourth-order valence-corrected chi connectivity index (χ4v) is 4.40. The van der Waals surface area contributed by atoms with Gasteiger partial charge < -0.3 is 9.90 Å². The SMILES string of the molecule is CC(=O)c1sc2sc(C(=O)[O-])c(C)c2c1C. The van der Waals surface area contributed by atoms with E-state index >= 15 is 0 Å². The van der Waals surface area contributed by atoms with Crippen molar-refractivity contribution in [2.24, 2.45) is 0 Å². The summed E-state index contributed by atoms with van der Waals surface area (Å²) in [5.74, 6) is -1.12. The van der Waals surface area contributed by atoms with Crippen LogP contribution in [-0.4, -0.2) is 11.8 Å². The molecule has 0 N–H and O–H groups in total. The van der Waals surface area contributed by atoms with Crippen LogP contribution in [0, 0.1) is 13.8 Å². The molecule has 2 aromatic heterocycles. The van der Waals surface area contributed by atoms with E-state index in [0.29, 0.717) is 10.4 Å². The first-order chi connectivity index (χ1) is 7.43. The number of fused-ring (bicyclic) bond motifs is 1. The van der Waals surface area contributed by atoms with Gasteiger partial charge in [-0.05, 0) is 31.9 Å². The molecule has 2 rings (SSSR count). The number of aryl methyl sites for hydroxylation is 2. The Bertz CT molecular complexity index is 555. The van der Waals surface area contributed by atoms with Crippen LogP contribution < -0.4 is 5.11 Å². The monoisotopic (exact) mass is 253 g/mol. The summed E-state index contributed by atoms with van der Waals surface area (Å²) in [7, 11) is 0. The van der Waals surface area contributed by atoms with E-state index in [1.54, 1.807) is 6.92 Å². The van der Waals surface area contributed by atoms with Gasteiger partial charge in [0.2, 0.25) is 0 Å². The number of carboxylic acids is 1. The highest BCUT2D eigenvalue weighted by atomic mass is 32.2. The summed E-state index contributed by atoms with van der Waals surface area (Å²) in [5, 5.41) is 11.8. The second kappa shape index (κ2) is 3.68. The summed E-state index contributed by atoms with van der Waals surface area (Å²) in [6, 6.07) is 0. The van der Waals surface area contributed by atoms with E-state index in [1.807, 2.05) is 6.92 Å². The Morgan fingerprint density at radius 3 is 2.00 bits per heavy atom. The second-order valence-corrected chi connectivity index (χ2v) is 5.92. The average molecular weight is 253 g/mol. The third-order valence-electron chi connectivity index (χ3n) is 2.53. The lowest BCUT2D eigenvalue weighted by atomic mass is 10.1. The van der Waals surface area contributed by atoms with E-state index in [0.717, 1.165) is 15.0 Å². The largest absolute Gasteiger partial charge is 0.544 e. The molecule has 0 fully saturated rings. The van der Waals surface area contributed by atoms with Crippen molar-refractivity contribution in [3.05, 3.63) is 20.9 Å². The number of hydrogen-bond acceptors (Lipinski definition) is 5. The highest BCUT2D eigenvalue weighted by molar-refractivity contribution is 7.40. The summed E-state index contributed by atoms with van der Waals surface area (Å²) < 4.78 is 0.888. The maximum atomic E-state index is 11.4. The van der Waals surface area contributed by atoms with Gasteiger partial charge in [0.25, 0.3) is 0 Å². The summed E-state index contributed by atoms with van der Waals surface area (Å²) in [6.45, 7) is 5.14. The van der Waals surface area contributed by atoms with Crippen molar-refractivity contribution < 1.29 is 14.7 Å². The number of Topliss-reactive ketones (excluding diaryl/α,β-unsaturated/α-hetero) is 1. The van der Waals surface area contributed by atoms with Crippen LogP contribution in [0.2, 0.25) is 0 Å². The third kappa shape index (κ3) is 1.47. The van der Waals surface area contributed by atoms with Gasteiger partial charge >= 0.3 is 0 Å².